The van der Waals surface area contributed by atoms with Gasteiger partial charge in [0.25, 0.3) is 11.7 Å². The molecular formula is C28H33FN2O5. The number of halogens is 1. The van der Waals surface area contributed by atoms with E-state index < -0.39 is 23.5 Å². The second-order valence-corrected chi connectivity index (χ2v) is 9.18. The van der Waals surface area contributed by atoms with Crippen molar-refractivity contribution in [2.45, 2.75) is 32.7 Å². The Bertz CT molecular complexity index is 1130. The molecule has 8 heteroatoms. The summed E-state index contributed by atoms with van der Waals surface area (Å²) in [6.07, 6.45) is 1.53. The first kappa shape index (κ1) is 25.9. The van der Waals surface area contributed by atoms with Crippen molar-refractivity contribution < 1.29 is 28.6 Å². The van der Waals surface area contributed by atoms with Gasteiger partial charge in [-0.1, -0.05) is 19.1 Å². The van der Waals surface area contributed by atoms with Crippen molar-refractivity contribution in [3.8, 4) is 5.75 Å². The van der Waals surface area contributed by atoms with E-state index in [-0.39, 0.29) is 11.3 Å². The van der Waals surface area contributed by atoms with Gasteiger partial charge in [0.2, 0.25) is 0 Å². The predicted octanol–water partition coefficient (Wildman–Crippen LogP) is 4.07. The first-order chi connectivity index (χ1) is 17.4. The molecule has 2 heterocycles. The lowest BCUT2D eigenvalue weighted by Crippen LogP contribution is -2.38. The number of carbonyl (C=O) groups is 2. The highest BCUT2D eigenvalue weighted by atomic mass is 19.1. The lowest BCUT2D eigenvalue weighted by atomic mass is 9.94. The van der Waals surface area contributed by atoms with E-state index in [1.165, 1.54) is 17.0 Å². The molecule has 1 N–H and O–H groups in total. The van der Waals surface area contributed by atoms with Crippen LogP contribution in [-0.4, -0.2) is 72.6 Å². The minimum Gasteiger partial charge on any atom is -0.507 e. The fourth-order valence-electron chi connectivity index (χ4n) is 4.75. The molecule has 4 rings (SSSR count). The molecule has 2 aromatic carbocycles. The van der Waals surface area contributed by atoms with Crippen LogP contribution in [0.4, 0.5) is 4.39 Å². The number of aliphatic hydroxyl groups excluding tert-OH is 1. The van der Waals surface area contributed by atoms with Crippen molar-refractivity contribution in [3.05, 3.63) is 70.5 Å². The third-order valence-corrected chi connectivity index (χ3v) is 6.63. The first-order valence-electron chi connectivity index (χ1n) is 12.5. The Morgan fingerprint density at radius 3 is 2.50 bits per heavy atom. The zero-order chi connectivity index (χ0) is 25.7. The molecule has 36 heavy (non-hydrogen) atoms. The van der Waals surface area contributed by atoms with E-state index in [1.54, 1.807) is 30.3 Å². The molecule has 0 saturated carbocycles. The van der Waals surface area contributed by atoms with Crippen LogP contribution in [0.1, 0.15) is 42.5 Å². The Morgan fingerprint density at radius 2 is 1.83 bits per heavy atom. The highest BCUT2D eigenvalue weighted by molar-refractivity contribution is 6.46. The van der Waals surface area contributed by atoms with Crippen molar-refractivity contribution >= 4 is 17.4 Å². The van der Waals surface area contributed by atoms with Gasteiger partial charge in [-0.05, 0) is 61.2 Å². The fraction of sp³-hybridized carbons (Fsp3) is 0.429. The number of benzene rings is 2. The lowest BCUT2D eigenvalue weighted by Gasteiger charge is -2.29. The third kappa shape index (κ3) is 5.60. The summed E-state index contributed by atoms with van der Waals surface area (Å²) in [5.74, 6) is -1.38. The maximum atomic E-state index is 13.7. The molecule has 2 saturated heterocycles. The standard InChI is InChI=1S/C28H33FN2O5/c1-3-15-36-22-9-10-23(19(2)18-22)26(32)24-25(20-5-7-21(29)8-6-20)31(28(34)27(24)33)12-4-11-30-13-16-35-17-14-30/h5-10,18,25,32H,3-4,11-17H2,1-2H3/t25-/m1/s1. The lowest BCUT2D eigenvalue weighted by molar-refractivity contribution is -0.140. The van der Waals surface area contributed by atoms with Crippen LogP contribution in [0.2, 0.25) is 0 Å². The summed E-state index contributed by atoms with van der Waals surface area (Å²) in [4.78, 5) is 30.1. The topological polar surface area (TPSA) is 79.3 Å². The molecule has 7 nitrogen and oxygen atoms in total. The van der Waals surface area contributed by atoms with Gasteiger partial charge in [0, 0.05) is 31.7 Å². The summed E-state index contributed by atoms with van der Waals surface area (Å²) in [6, 6.07) is 10.2. The van der Waals surface area contributed by atoms with Crippen molar-refractivity contribution in [3.63, 3.8) is 0 Å². The zero-order valence-electron chi connectivity index (χ0n) is 20.8. The number of aryl methyl sites for hydroxylation is 1. The highest BCUT2D eigenvalue weighted by Crippen LogP contribution is 2.40. The van der Waals surface area contributed by atoms with Crippen molar-refractivity contribution in [1.82, 2.24) is 9.80 Å². The molecule has 1 amide bonds. The van der Waals surface area contributed by atoms with Crippen molar-refractivity contribution in [2.24, 2.45) is 0 Å². The highest BCUT2D eigenvalue weighted by Gasteiger charge is 2.46. The molecule has 2 fully saturated rings. The number of hydrogen-bond acceptors (Lipinski definition) is 6. The van der Waals surface area contributed by atoms with Gasteiger partial charge in [-0.25, -0.2) is 4.39 Å². The minimum atomic E-state index is -0.800. The number of morpholine rings is 1. The molecule has 0 bridgehead atoms. The predicted molar refractivity (Wildman–Crippen MR) is 134 cm³/mol. The average molecular weight is 497 g/mol. The summed E-state index contributed by atoms with van der Waals surface area (Å²) in [6.45, 7) is 8.54. The van der Waals surface area contributed by atoms with E-state index in [0.29, 0.717) is 49.7 Å². The minimum absolute atomic E-state index is 0.0170. The van der Waals surface area contributed by atoms with Crippen LogP contribution >= 0.6 is 0 Å². The maximum absolute atomic E-state index is 13.7. The van der Waals surface area contributed by atoms with Crippen LogP contribution in [0.3, 0.4) is 0 Å². The van der Waals surface area contributed by atoms with E-state index in [4.69, 9.17) is 9.47 Å². The first-order valence-corrected chi connectivity index (χ1v) is 12.5. The summed E-state index contributed by atoms with van der Waals surface area (Å²) in [5, 5.41) is 11.3. The van der Waals surface area contributed by atoms with Gasteiger partial charge in [-0.2, -0.15) is 0 Å². The Balaban J connectivity index is 1.66. The summed E-state index contributed by atoms with van der Waals surface area (Å²) in [7, 11) is 0. The molecule has 0 radical (unpaired) electrons. The van der Waals surface area contributed by atoms with E-state index in [9.17, 15) is 19.1 Å². The van der Waals surface area contributed by atoms with Crippen LogP contribution in [0.25, 0.3) is 5.76 Å². The number of rotatable bonds is 9. The largest absolute Gasteiger partial charge is 0.507 e. The number of ether oxygens (including phenoxy) is 2. The fourth-order valence-corrected chi connectivity index (χ4v) is 4.75. The number of nitrogens with zero attached hydrogens (tertiary/aromatic N) is 2. The number of carbonyl (C=O) groups excluding carboxylic acids is 2. The molecule has 0 unspecified atom stereocenters. The molecule has 192 valence electrons. The molecule has 0 aromatic heterocycles. The molecule has 2 aromatic rings. The molecule has 1 atom stereocenters. The molecule has 0 spiro atoms. The van der Waals surface area contributed by atoms with Crippen molar-refractivity contribution in [1.29, 1.82) is 0 Å². The van der Waals surface area contributed by atoms with Gasteiger partial charge >= 0.3 is 0 Å². The number of likely N-dealkylation sites (tertiary alicyclic amines) is 1. The van der Waals surface area contributed by atoms with Gasteiger partial charge in [-0.15, -0.1) is 0 Å². The number of ketones is 1. The Hall–Kier alpha value is -3.23. The maximum Gasteiger partial charge on any atom is 0.295 e. The number of aliphatic hydroxyl groups is 1. The number of amides is 1. The van der Waals surface area contributed by atoms with E-state index >= 15 is 0 Å². The van der Waals surface area contributed by atoms with Gasteiger partial charge < -0.3 is 19.5 Å². The summed E-state index contributed by atoms with van der Waals surface area (Å²) >= 11 is 0. The van der Waals surface area contributed by atoms with Gasteiger partial charge in [0.05, 0.1) is 31.4 Å². The van der Waals surface area contributed by atoms with E-state index in [1.807, 2.05) is 13.8 Å². The Labute approximate surface area is 211 Å². The normalized spacial score (nSPS) is 20.2. The second kappa shape index (κ2) is 11.7. The van der Waals surface area contributed by atoms with Crippen molar-refractivity contribution in [2.75, 3.05) is 46.0 Å². The quantitative estimate of drug-likeness (QED) is 0.320. The van der Waals surface area contributed by atoms with Gasteiger partial charge in [0.1, 0.15) is 17.3 Å². The number of hydrogen-bond donors (Lipinski definition) is 1. The van der Waals surface area contributed by atoms with Crippen LogP contribution in [0, 0.1) is 12.7 Å². The van der Waals surface area contributed by atoms with Crippen LogP contribution in [-0.2, 0) is 14.3 Å². The second-order valence-electron chi connectivity index (χ2n) is 9.18. The zero-order valence-corrected chi connectivity index (χ0v) is 20.8. The molecule has 0 aliphatic carbocycles. The summed E-state index contributed by atoms with van der Waals surface area (Å²) < 4.78 is 24.8. The van der Waals surface area contributed by atoms with Crippen LogP contribution < -0.4 is 4.74 Å². The third-order valence-electron chi connectivity index (χ3n) is 6.63. The SMILES string of the molecule is CCCOc1ccc(C(O)=C2C(=O)C(=O)N(CCCN3CCOCC3)[C@@H]2c2ccc(F)cc2)c(C)c1. The number of Topliss-reactive ketones (excluding diaryl/α,β-unsaturated/α-hetero) is 1. The van der Waals surface area contributed by atoms with E-state index in [2.05, 4.69) is 4.90 Å². The molecule has 2 aliphatic rings. The molecular weight excluding hydrogens is 463 g/mol. The summed E-state index contributed by atoms with van der Waals surface area (Å²) in [5.41, 5.74) is 1.77. The van der Waals surface area contributed by atoms with Gasteiger partial charge in [-0.3, -0.25) is 14.5 Å². The van der Waals surface area contributed by atoms with E-state index in [0.717, 1.165) is 31.6 Å². The van der Waals surface area contributed by atoms with Crippen LogP contribution in [0.5, 0.6) is 5.75 Å². The Kier molecular flexibility index (Phi) is 8.38. The van der Waals surface area contributed by atoms with Crippen LogP contribution in [0.15, 0.2) is 48.0 Å². The molecule has 2 aliphatic heterocycles. The van der Waals surface area contributed by atoms with Gasteiger partial charge in [0.15, 0.2) is 0 Å². The smallest absolute Gasteiger partial charge is 0.295 e. The average Bonchev–Trinajstić information content (AvgIpc) is 3.13. The monoisotopic (exact) mass is 496 g/mol. The Morgan fingerprint density at radius 1 is 1.11 bits per heavy atom.